The number of nitrogens with one attached hydrogen (secondary N) is 2. The number of benzene rings is 2. The minimum Gasteiger partial charge on any atom is -0.351 e. The molecule has 0 saturated heterocycles. The number of hydrogen-bond acceptors (Lipinski definition) is 2. The van der Waals surface area contributed by atoms with Gasteiger partial charge in [0.05, 0.1) is 10.7 Å². The van der Waals surface area contributed by atoms with Crippen molar-refractivity contribution in [3.8, 4) is 0 Å². The predicted octanol–water partition coefficient (Wildman–Crippen LogP) is 3.51. The second-order valence-corrected chi connectivity index (χ2v) is 6.23. The first-order valence-electron chi connectivity index (χ1n) is 7.60. The Morgan fingerprint density at radius 1 is 1.04 bits per heavy atom. The molecule has 124 valence electrons. The Kier molecular flexibility index (Phi) is 4.53. The summed E-state index contributed by atoms with van der Waals surface area (Å²) in [4.78, 5) is 24.9. The molecule has 0 atom stereocenters. The summed E-state index contributed by atoms with van der Waals surface area (Å²) in [7, 11) is 0. The summed E-state index contributed by atoms with van der Waals surface area (Å²) >= 11 is 6.03. The van der Waals surface area contributed by atoms with Gasteiger partial charge in [-0.3, -0.25) is 9.59 Å². The highest BCUT2D eigenvalue weighted by Crippen LogP contribution is 2.47. The largest absolute Gasteiger partial charge is 0.351 e. The third kappa shape index (κ3) is 3.41. The van der Waals surface area contributed by atoms with Gasteiger partial charge in [0.15, 0.2) is 0 Å². The fourth-order valence-electron chi connectivity index (χ4n) is 2.44. The molecule has 1 aliphatic carbocycles. The lowest BCUT2D eigenvalue weighted by Gasteiger charge is -2.16. The van der Waals surface area contributed by atoms with E-state index in [0.29, 0.717) is 23.6 Å². The van der Waals surface area contributed by atoms with E-state index < -0.39 is 5.41 Å². The first-order chi connectivity index (χ1) is 11.5. The first kappa shape index (κ1) is 16.5. The summed E-state index contributed by atoms with van der Waals surface area (Å²) in [6.45, 7) is 0.250. The molecule has 2 N–H and O–H groups in total. The van der Waals surface area contributed by atoms with Crippen LogP contribution in [0.5, 0.6) is 0 Å². The Balaban J connectivity index is 1.62. The van der Waals surface area contributed by atoms with E-state index in [0.717, 1.165) is 5.56 Å². The second-order valence-electron chi connectivity index (χ2n) is 5.83. The molecule has 0 unspecified atom stereocenters. The molecule has 0 bridgehead atoms. The zero-order valence-electron chi connectivity index (χ0n) is 12.8. The summed E-state index contributed by atoms with van der Waals surface area (Å²) in [5.74, 6) is -1.01. The molecule has 2 aromatic rings. The molecule has 2 amide bonds. The van der Waals surface area contributed by atoms with Crippen molar-refractivity contribution in [3.63, 3.8) is 0 Å². The van der Waals surface area contributed by atoms with Crippen LogP contribution in [-0.2, 0) is 16.1 Å². The number of carbonyl (C=O) groups excluding carboxylic acids is 2. The van der Waals surface area contributed by atoms with Crippen LogP contribution in [0.3, 0.4) is 0 Å². The van der Waals surface area contributed by atoms with E-state index in [4.69, 9.17) is 11.6 Å². The lowest BCUT2D eigenvalue weighted by atomic mass is 10.0. The Bertz CT molecular complexity index is 773. The Labute approximate surface area is 144 Å². The van der Waals surface area contributed by atoms with Gasteiger partial charge in [-0.15, -0.1) is 0 Å². The van der Waals surface area contributed by atoms with Crippen molar-refractivity contribution in [2.75, 3.05) is 5.32 Å². The van der Waals surface area contributed by atoms with Crippen molar-refractivity contribution in [2.45, 2.75) is 19.4 Å². The zero-order chi connectivity index (χ0) is 17.2. The van der Waals surface area contributed by atoms with Gasteiger partial charge in [-0.1, -0.05) is 35.9 Å². The number of anilines is 1. The Morgan fingerprint density at radius 2 is 1.71 bits per heavy atom. The molecule has 6 heteroatoms. The van der Waals surface area contributed by atoms with Gasteiger partial charge in [0, 0.05) is 6.54 Å². The number of hydrogen-bond donors (Lipinski definition) is 2. The zero-order valence-corrected chi connectivity index (χ0v) is 13.6. The van der Waals surface area contributed by atoms with Crippen molar-refractivity contribution in [1.29, 1.82) is 0 Å². The average molecular weight is 347 g/mol. The summed E-state index contributed by atoms with van der Waals surface area (Å²) in [5, 5.41) is 5.89. The van der Waals surface area contributed by atoms with Crippen molar-refractivity contribution >= 4 is 29.1 Å². The maximum absolute atomic E-state index is 12.9. The fraction of sp³-hybridized carbons (Fsp3) is 0.222. The van der Waals surface area contributed by atoms with E-state index >= 15 is 0 Å². The number of para-hydroxylation sites is 1. The number of amides is 2. The smallest absolute Gasteiger partial charge is 0.240 e. The highest BCUT2D eigenvalue weighted by atomic mass is 35.5. The van der Waals surface area contributed by atoms with E-state index in [1.807, 2.05) is 0 Å². The van der Waals surface area contributed by atoms with Crippen LogP contribution >= 0.6 is 11.6 Å². The molecule has 1 aliphatic rings. The van der Waals surface area contributed by atoms with Crippen molar-refractivity contribution in [3.05, 3.63) is 64.9 Å². The summed E-state index contributed by atoms with van der Waals surface area (Å²) < 4.78 is 12.9. The molecule has 24 heavy (non-hydrogen) atoms. The van der Waals surface area contributed by atoms with E-state index in [-0.39, 0.29) is 24.2 Å². The maximum atomic E-state index is 12.9. The standard InChI is InChI=1S/C18H16ClFN2O2/c19-14-3-1-2-4-15(14)22-17(24)18(9-10-18)16(23)21-11-12-5-7-13(20)8-6-12/h1-8H,9-11H2,(H,21,23)(H,22,24). The number of carbonyl (C=O) groups is 2. The van der Waals surface area contributed by atoms with Crippen LogP contribution in [0, 0.1) is 11.2 Å². The predicted molar refractivity (Wildman–Crippen MR) is 90.0 cm³/mol. The molecule has 1 fully saturated rings. The van der Waals surface area contributed by atoms with Crippen LogP contribution in [0.1, 0.15) is 18.4 Å². The SMILES string of the molecule is O=C(NCc1ccc(F)cc1)C1(C(=O)Nc2ccccc2Cl)CC1. The van der Waals surface area contributed by atoms with Crippen molar-refractivity contribution in [1.82, 2.24) is 5.32 Å². The number of halogens is 2. The molecular weight excluding hydrogens is 331 g/mol. The van der Waals surface area contributed by atoms with E-state index in [1.54, 1.807) is 36.4 Å². The van der Waals surface area contributed by atoms with Crippen molar-refractivity contribution < 1.29 is 14.0 Å². The van der Waals surface area contributed by atoms with Gasteiger partial charge in [0.2, 0.25) is 11.8 Å². The molecule has 3 rings (SSSR count). The second kappa shape index (κ2) is 6.61. The molecule has 0 heterocycles. The van der Waals surface area contributed by atoms with Crippen LogP contribution < -0.4 is 10.6 Å². The molecule has 0 aromatic heterocycles. The third-order valence-electron chi connectivity index (χ3n) is 4.11. The maximum Gasteiger partial charge on any atom is 0.240 e. The molecule has 0 aliphatic heterocycles. The Morgan fingerprint density at radius 3 is 2.33 bits per heavy atom. The fourth-order valence-corrected chi connectivity index (χ4v) is 2.62. The van der Waals surface area contributed by atoms with Gasteiger partial charge in [0.25, 0.3) is 0 Å². The highest BCUT2D eigenvalue weighted by molar-refractivity contribution is 6.34. The molecule has 0 radical (unpaired) electrons. The summed E-state index contributed by atoms with van der Waals surface area (Å²) in [6, 6.07) is 12.7. The minimum absolute atomic E-state index is 0.250. The number of rotatable bonds is 5. The van der Waals surface area contributed by atoms with Gasteiger partial charge in [-0.2, -0.15) is 0 Å². The van der Waals surface area contributed by atoms with Crippen LogP contribution in [0.15, 0.2) is 48.5 Å². The van der Waals surface area contributed by atoms with Gasteiger partial charge in [0.1, 0.15) is 11.2 Å². The monoisotopic (exact) mass is 346 g/mol. The van der Waals surface area contributed by atoms with Gasteiger partial charge in [-0.25, -0.2) is 4.39 Å². The molecular formula is C18H16ClFN2O2. The topological polar surface area (TPSA) is 58.2 Å². The van der Waals surface area contributed by atoms with Crippen molar-refractivity contribution in [2.24, 2.45) is 5.41 Å². The van der Waals surface area contributed by atoms with Crippen LogP contribution in [0.4, 0.5) is 10.1 Å². The van der Waals surface area contributed by atoms with E-state index in [1.165, 1.54) is 12.1 Å². The van der Waals surface area contributed by atoms with Crippen LogP contribution in [-0.4, -0.2) is 11.8 Å². The average Bonchev–Trinajstić information content (AvgIpc) is 3.38. The van der Waals surface area contributed by atoms with Gasteiger partial charge < -0.3 is 10.6 Å². The minimum atomic E-state index is -1.04. The van der Waals surface area contributed by atoms with Gasteiger partial charge >= 0.3 is 0 Å². The Hall–Kier alpha value is -2.40. The first-order valence-corrected chi connectivity index (χ1v) is 7.98. The van der Waals surface area contributed by atoms with E-state index in [9.17, 15) is 14.0 Å². The normalized spacial score (nSPS) is 14.8. The van der Waals surface area contributed by atoms with Gasteiger partial charge in [-0.05, 0) is 42.7 Å². The highest BCUT2D eigenvalue weighted by Gasteiger charge is 2.56. The summed E-state index contributed by atoms with van der Waals surface area (Å²) in [5.41, 5.74) is 0.216. The molecule has 2 aromatic carbocycles. The summed E-state index contributed by atoms with van der Waals surface area (Å²) in [6.07, 6.45) is 0.997. The molecule has 4 nitrogen and oxygen atoms in total. The molecule has 1 saturated carbocycles. The lowest BCUT2D eigenvalue weighted by Crippen LogP contribution is -2.39. The molecule has 0 spiro atoms. The third-order valence-corrected chi connectivity index (χ3v) is 4.44. The quantitative estimate of drug-likeness (QED) is 0.814. The lowest BCUT2D eigenvalue weighted by molar-refractivity contribution is -0.134. The van der Waals surface area contributed by atoms with Crippen LogP contribution in [0.25, 0.3) is 0 Å². The van der Waals surface area contributed by atoms with Crippen LogP contribution in [0.2, 0.25) is 5.02 Å². The van der Waals surface area contributed by atoms with E-state index in [2.05, 4.69) is 10.6 Å².